The third kappa shape index (κ3) is 2.73. The highest BCUT2D eigenvalue weighted by molar-refractivity contribution is 7.13. The maximum absolute atomic E-state index is 12.0. The smallest absolute Gasteiger partial charge is 0.180 e. The molecule has 5 rings (SSSR count). The van der Waals surface area contributed by atoms with Gasteiger partial charge in [-0.3, -0.25) is 4.79 Å². The average molecular weight is 407 g/mol. The number of carbonyl (C=O) groups excluding carboxylic acids is 1. The number of allylic oxidation sites excluding steroid dienone is 1. The molecule has 1 heterocycles. The van der Waals surface area contributed by atoms with Gasteiger partial charge in [0.15, 0.2) is 10.9 Å². The molecule has 1 aromatic rings. The van der Waals surface area contributed by atoms with Crippen LogP contribution in [-0.2, 0) is 4.79 Å². The van der Waals surface area contributed by atoms with E-state index in [0.717, 1.165) is 37.0 Å². The van der Waals surface area contributed by atoms with E-state index in [-0.39, 0.29) is 17.8 Å². The molecule has 6 atom stereocenters. The fourth-order valence-electron chi connectivity index (χ4n) is 7.51. The summed E-state index contributed by atoms with van der Waals surface area (Å²) >= 11 is 1.59. The van der Waals surface area contributed by atoms with Gasteiger partial charge in [0.25, 0.3) is 0 Å². The van der Waals surface area contributed by atoms with Crippen LogP contribution < -0.4 is 5.73 Å². The third-order valence-electron chi connectivity index (χ3n) is 8.86. The first kappa shape index (κ1) is 19.4. The summed E-state index contributed by atoms with van der Waals surface area (Å²) in [5.74, 6) is 3.35. The van der Waals surface area contributed by atoms with Gasteiger partial charge in [-0.2, -0.15) is 0 Å². The fraction of sp³-hybridized carbons (Fsp3) is 0.727. The Hall–Kier alpha value is -0.870. The van der Waals surface area contributed by atoms with Crippen molar-refractivity contribution in [2.75, 3.05) is 5.73 Å². The minimum absolute atomic E-state index is 0. The maximum atomic E-state index is 12.0. The Bertz CT molecular complexity index is 789. The van der Waals surface area contributed by atoms with Crippen molar-refractivity contribution < 1.29 is 4.79 Å². The molecule has 0 aromatic carbocycles. The van der Waals surface area contributed by atoms with E-state index in [0.29, 0.717) is 22.2 Å². The lowest BCUT2D eigenvalue weighted by Gasteiger charge is -2.58. The molecule has 4 aliphatic rings. The zero-order valence-electron chi connectivity index (χ0n) is 16.4. The molecule has 27 heavy (non-hydrogen) atoms. The molecule has 3 nitrogen and oxygen atoms in total. The van der Waals surface area contributed by atoms with E-state index >= 15 is 0 Å². The number of nitrogens with zero attached hydrogens (tertiary/aromatic N) is 1. The summed E-state index contributed by atoms with van der Waals surface area (Å²) in [6.45, 7) is 5.01. The number of nitrogens with two attached hydrogens (primary N) is 1. The zero-order valence-corrected chi connectivity index (χ0v) is 18.0. The van der Waals surface area contributed by atoms with Crippen LogP contribution in [0.4, 0.5) is 5.13 Å². The first-order valence-electron chi connectivity index (χ1n) is 10.4. The molecule has 4 aliphatic carbocycles. The SMILES string of the molecule is C[C@]12CC[C@H]3[C@@H](CCC4=CC(=O)CC[C@@]43C)[C@@H]1CC[C@@H]2c1csc(N)n1.Cl. The van der Waals surface area contributed by atoms with Gasteiger partial charge in [-0.25, -0.2) is 4.98 Å². The molecule has 0 bridgehead atoms. The van der Waals surface area contributed by atoms with E-state index in [1.807, 2.05) is 6.08 Å². The van der Waals surface area contributed by atoms with Gasteiger partial charge in [0.2, 0.25) is 0 Å². The lowest BCUT2D eigenvalue weighted by atomic mass is 9.47. The van der Waals surface area contributed by atoms with Crippen molar-refractivity contribution >= 4 is 34.7 Å². The molecule has 3 saturated carbocycles. The van der Waals surface area contributed by atoms with Gasteiger partial charge >= 0.3 is 0 Å². The van der Waals surface area contributed by atoms with Crippen LogP contribution in [0.15, 0.2) is 17.0 Å². The van der Waals surface area contributed by atoms with Crippen molar-refractivity contribution in [2.24, 2.45) is 28.6 Å². The largest absolute Gasteiger partial charge is 0.375 e. The lowest BCUT2D eigenvalue weighted by molar-refractivity contribution is -0.117. The molecule has 0 amide bonds. The number of halogens is 1. The molecule has 5 heteroatoms. The van der Waals surface area contributed by atoms with Crippen molar-refractivity contribution in [2.45, 2.75) is 71.1 Å². The predicted molar refractivity (Wildman–Crippen MR) is 113 cm³/mol. The van der Waals surface area contributed by atoms with Crippen molar-refractivity contribution in [3.63, 3.8) is 0 Å². The normalized spacial score (nSPS) is 43.2. The Labute approximate surface area is 172 Å². The Balaban J connectivity index is 0.00000180. The number of thiazole rings is 1. The number of fused-ring (bicyclic) bond motifs is 5. The van der Waals surface area contributed by atoms with Crippen molar-refractivity contribution in [1.29, 1.82) is 0 Å². The molecule has 0 spiro atoms. The Morgan fingerprint density at radius 1 is 1.11 bits per heavy atom. The van der Waals surface area contributed by atoms with Crippen LogP contribution in [0.25, 0.3) is 0 Å². The fourth-order valence-corrected chi connectivity index (χ4v) is 8.12. The molecule has 2 N–H and O–H groups in total. The van der Waals surface area contributed by atoms with Gasteiger partial charge in [0.1, 0.15) is 0 Å². The monoisotopic (exact) mass is 406 g/mol. The number of carbonyl (C=O) groups is 1. The quantitative estimate of drug-likeness (QED) is 0.644. The molecule has 3 fully saturated rings. The summed E-state index contributed by atoms with van der Waals surface area (Å²) in [7, 11) is 0. The van der Waals surface area contributed by atoms with E-state index in [1.165, 1.54) is 43.4 Å². The highest BCUT2D eigenvalue weighted by Crippen LogP contribution is 2.68. The van der Waals surface area contributed by atoms with E-state index in [2.05, 4.69) is 24.2 Å². The second kappa shape index (κ2) is 6.59. The minimum Gasteiger partial charge on any atom is -0.375 e. The Morgan fingerprint density at radius 2 is 1.93 bits per heavy atom. The summed E-state index contributed by atoms with van der Waals surface area (Å²) in [6.07, 6.45) is 11.5. The van der Waals surface area contributed by atoms with Gasteiger partial charge in [-0.05, 0) is 79.6 Å². The van der Waals surface area contributed by atoms with E-state index < -0.39 is 0 Å². The lowest BCUT2D eigenvalue weighted by Crippen LogP contribution is -2.50. The molecule has 0 unspecified atom stereocenters. The van der Waals surface area contributed by atoms with Gasteiger partial charge < -0.3 is 5.73 Å². The Morgan fingerprint density at radius 3 is 2.67 bits per heavy atom. The topological polar surface area (TPSA) is 56.0 Å². The second-order valence-corrected chi connectivity index (χ2v) is 10.6. The van der Waals surface area contributed by atoms with Gasteiger partial charge in [0, 0.05) is 17.7 Å². The van der Waals surface area contributed by atoms with Crippen molar-refractivity contribution in [3.05, 3.63) is 22.7 Å². The molecule has 148 valence electrons. The van der Waals surface area contributed by atoms with E-state index in [9.17, 15) is 4.79 Å². The first-order chi connectivity index (χ1) is 12.4. The minimum atomic E-state index is 0. The van der Waals surface area contributed by atoms with Crippen LogP contribution in [0, 0.1) is 28.6 Å². The number of rotatable bonds is 1. The summed E-state index contributed by atoms with van der Waals surface area (Å²) in [6, 6.07) is 0. The second-order valence-electron chi connectivity index (χ2n) is 9.75. The number of ketones is 1. The molecule has 0 saturated heterocycles. The number of hydrogen-bond donors (Lipinski definition) is 1. The molecule has 1 aromatic heterocycles. The predicted octanol–water partition coefficient (Wildman–Crippen LogP) is 5.76. The first-order valence-corrected chi connectivity index (χ1v) is 11.2. The molecule has 0 radical (unpaired) electrons. The van der Waals surface area contributed by atoms with Crippen LogP contribution >= 0.6 is 23.7 Å². The van der Waals surface area contributed by atoms with Crippen LogP contribution in [0.1, 0.15) is 76.8 Å². The van der Waals surface area contributed by atoms with Crippen LogP contribution in [0.5, 0.6) is 0 Å². The summed E-state index contributed by atoms with van der Waals surface area (Å²) in [5, 5.41) is 2.92. The van der Waals surface area contributed by atoms with Gasteiger partial charge in [0.05, 0.1) is 5.69 Å². The van der Waals surface area contributed by atoms with E-state index in [4.69, 9.17) is 5.73 Å². The molecule has 0 aliphatic heterocycles. The molecular weight excluding hydrogens is 376 g/mol. The number of nitrogen functional groups attached to an aromatic ring is 1. The highest BCUT2D eigenvalue weighted by atomic mass is 35.5. The number of hydrogen-bond acceptors (Lipinski definition) is 4. The summed E-state index contributed by atoms with van der Waals surface area (Å²) in [4.78, 5) is 16.6. The number of anilines is 1. The number of aromatic nitrogens is 1. The maximum Gasteiger partial charge on any atom is 0.180 e. The third-order valence-corrected chi connectivity index (χ3v) is 9.55. The van der Waals surface area contributed by atoms with Crippen LogP contribution in [0.3, 0.4) is 0 Å². The zero-order chi connectivity index (χ0) is 18.1. The van der Waals surface area contributed by atoms with Crippen molar-refractivity contribution in [1.82, 2.24) is 4.98 Å². The van der Waals surface area contributed by atoms with Crippen LogP contribution in [-0.4, -0.2) is 10.8 Å². The van der Waals surface area contributed by atoms with Gasteiger partial charge in [-0.15, -0.1) is 23.7 Å². The molecular formula is C22H31ClN2OS. The van der Waals surface area contributed by atoms with Crippen LogP contribution in [0.2, 0.25) is 0 Å². The van der Waals surface area contributed by atoms with E-state index in [1.54, 1.807) is 11.3 Å². The standard InChI is InChI=1S/C22H30N2OS.ClH/c1-21-9-7-14(25)11-13(21)3-4-15-16-5-6-18(19-12-26-20(23)24-19)22(16,2)10-8-17(15)21;/h11-12,15-18H,3-10H2,1-2H3,(H2,23,24);1H/t15-,16-,17-,18+,21-,22-;/m0./s1. The highest BCUT2D eigenvalue weighted by Gasteiger charge is 2.59. The average Bonchev–Trinajstić information content (AvgIpc) is 3.18. The summed E-state index contributed by atoms with van der Waals surface area (Å²) < 4.78 is 0. The van der Waals surface area contributed by atoms with Crippen molar-refractivity contribution in [3.8, 4) is 0 Å². The Kier molecular flexibility index (Phi) is 4.74. The van der Waals surface area contributed by atoms with Gasteiger partial charge in [-0.1, -0.05) is 19.4 Å². The summed E-state index contributed by atoms with van der Waals surface area (Å²) in [5.41, 5.74) is 9.32.